The van der Waals surface area contributed by atoms with Crippen molar-refractivity contribution in [2.75, 3.05) is 7.11 Å². The zero-order valence-electron chi connectivity index (χ0n) is 13.2. The number of ether oxygens (including phenoxy) is 1. The van der Waals surface area contributed by atoms with Crippen LogP contribution in [-0.4, -0.2) is 7.11 Å². The van der Waals surface area contributed by atoms with E-state index in [4.69, 9.17) is 4.74 Å². The highest BCUT2D eigenvalue weighted by Gasteiger charge is 2.15. The van der Waals surface area contributed by atoms with E-state index in [2.05, 4.69) is 73.1 Å². The monoisotopic (exact) mass is 346 g/mol. The van der Waals surface area contributed by atoms with Gasteiger partial charge in [0.25, 0.3) is 0 Å². The van der Waals surface area contributed by atoms with Crippen LogP contribution in [0.25, 0.3) is 0 Å². The molecule has 0 aromatic heterocycles. The zero-order valence-corrected chi connectivity index (χ0v) is 14.8. The Hall–Kier alpha value is -1.28. The number of hydrogen-bond acceptors (Lipinski definition) is 1. The summed E-state index contributed by atoms with van der Waals surface area (Å²) >= 11 is 3.88. The molecule has 0 radical (unpaired) electrons. The molecule has 0 aliphatic rings. The van der Waals surface area contributed by atoms with Gasteiger partial charge in [0.2, 0.25) is 0 Å². The van der Waals surface area contributed by atoms with Crippen molar-refractivity contribution < 1.29 is 4.74 Å². The standard InChI is InChI=1S/C19H23BrO/c1-5-14-8-10-15(6-2)17(11-14)19(20)16-9-7-13(3)18(12-16)21-4/h7-12,19H,5-6H2,1-4H3. The SMILES string of the molecule is CCc1ccc(CC)c(C(Br)c2ccc(C)c(OC)c2)c1. The molecule has 2 heteroatoms. The van der Waals surface area contributed by atoms with Gasteiger partial charge in [-0.25, -0.2) is 0 Å². The van der Waals surface area contributed by atoms with Gasteiger partial charge in [-0.3, -0.25) is 0 Å². The van der Waals surface area contributed by atoms with Crippen LogP contribution in [0.2, 0.25) is 0 Å². The molecular formula is C19H23BrO. The minimum absolute atomic E-state index is 0.202. The molecule has 0 bridgehead atoms. The minimum Gasteiger partial charge on any atom is -0.496 e. The van der Waals surface area contributed by atoms with Crippen LogP contribution in [0, 0.1) is 6.92 Å². The first-order chi connectivity index (χ1) is 10.1. The number of alkyl halides is 1. The minimum atomic E-state index is 0.202. The lowest BCUT2D eigenvalue weighted by Crippen LogP contribution is -2.00. The van der Waals surface area contributed by atoms with Crippen molar-refractivity contribution in [3.8, 4) is 5.75 Å². The summed E-state index contributed by atoms with van der Waals surface area (Å²) in [5, 5.41) is 0. The van der Waals surface area contributed by atoms with E-state index in [1.807, 2.05) is 0 Å². The molecule has 0 amide bonds. The van der Waals surface area contributed by atoms with Gasteiger partial charge in [-0.1, -0.05) is 60.1 Å². The second-order valence-electron chi connectivity index (χ2n) is 5.33. The lowest BCUT2D eigenvalue weighted by molar-refractivity contribution is 0.411. The molecule has 112 valence electrons. The first kappa shape index (κ1) is 16.1. The van der Waals surface area contributed by atoms with E-state index in [-0.39, 0.29) is 4.83 Å². The van der Waals surface area contributed by atoms with Gasteiger partial charge in [-0.2, -0.15) is 0 Å². The second kappa shape index (κ2) is 7.13. The molecule has 1 unspecified atom stereocenters. The van der Waals surface area contributed by atoms with Crippen LogP contribution in [0.1, 0.15) is 46.5 Å². The smallest absolute Gasteiger partial charge is 0.122 e. The average Bonchev–Trinajstić information content (AvgIpc) is 2.54. The average molecular weight is 347 g/mol. The third kappa shape index (κ3) is 3.49. The van der Waals surface area contributed by atoms with Gasteiger partial charge in [0.1, 0.15) is 5.75 Å². The highest BCUT2D eigenvalue weighted by molar-refractivity contribution is 9.09. The molecule has 2 aromatic rings. The molecule has 1 atom stereocenters. The van der Waals surface area contributed by atoms with Crippen molar-refractivity contribution in [1.29, 1.82) is 0 Å². The Kier molecular flexibility index (Phi) is 5.46. The first-order valence-electron chi connectivity index (χ1n) is 7.51. The van der Waals surface area contributed by atoms with E-state index in [1.54, 1.807) is 7.11 Å². The van der Waals surface area contributed by atoms with Gasteiger partial charge in [-0.05, 0) is 53.6 Å². The Morgan fingerprint density at radius 1 is 1.05 bits per heavy atom. The number of aryl methyl sites for hydroxylation is 3. The van der Waals surface area contributed by atoms with Crippen LogP contribution in [0.15, 0.2) is 36.4 Å². The number of rotatable bonds is 5. The molecule has 0 spiro atoms. The maximum atomic E-state index is 5.45. The fraction of sp³-hybridized carbons (Fsp3) is 0.368. The van der Waals surface area contributed by atoms with E-state index in [1.165, 1.54) is 27.8 Å². The van der Waals surface area contributed by atoms with Crippen molar-refractivity contribution in [2.45, 2.75) is 38.4 Å². The van der Waals surface area contributed by atoms with E-state index in [0.29, 0.717) is 0 Å². The normalized spacial score (nSPS) is 12.2. The van der Waals surface area contributed by atoms with Gasteiger partial charge < -0.3 is 4.74 Å². The molecule has 0 aliphatic heterocycles. The predicted molar refractivity (Wildman–Crippen MR) is 93.7 cm³/mol. The number of halogens is 1. The molecule has 0 aliphatic carbocycles. The van der Waals surface area contributed by atoms with E-state index < -0.39 is 0 Å². The van der Waals surface area contributed by atoms with Gasteiger partial charge in [-0.15, -0.1) is 0 Å². The lowest BCUT2D eigenvalue weighted by atomic mass is 9.95. The predicted octanol–water partition coefficient (Wildman–Crippen LogP) is 5.61. The van der Waals surface area contributed by atoms with E-state index >= 15 is 0 Å². The maximum Gasteiger partial charge on any atom is 0.122 e. The highest BCUT2D eigenvalue weighted by Crippen LogP contribution is 2.36. The van der Waals surface area contributed by atoms with Gasteiger partial charge in [0.05, 0.1) is 11.9 Å². The van der Waals surface area contributed by atoms with E-state index in [9.17, 15) is 0 Å². The van der Waals surface area contributed by atoms with Crippen LogP contribution >= 0.6 is 15.9 Å². The number of benzene rings is 2. The van der Waals surface area contributed by atoms with Crippen molar-refractivity contribution in [2.24, 2.45) is 0 Å². The maximum absolute atomic E-state index is 5.45. The fourth-order valence-corrected chi connectivity index (χ4v) is 3.31. The topological polar surface area (TPSA) is 9.23 Å². The summed E-state index contributed by atoms with van der Waals surface area (Å²) in [5.74, 6) is 0.946. The van der Waals surface area contributed by atoms with Gasteiger partial charge >= 0.3 is 0 Å². The lowest BCUT2D eigenvalue weighted by Gasteiger charge is -2.17. The number of methoxy groups -OCH3 is 1. The summed E-state index contributed by atoms with van der Waals surface area (Å²) in [6.45, 7) is 6.48. The van der Waals surface area contributed by atoms with Gasteiger partial charge in [0, 0.05) is 0 Å². The summed E-state index contributed by atoms with van der Waals surface area (Å²) < 4.78 is 5.45. The van der Waals surface area contributed by atoms with Gasteiger partial charge in [0.15, 0.2) is 0 Å². The Morgan fingerprint density at radius 2 is 1.81 bits per heavy atom. The Labute approximate surface area is 136 Å². The molecule has 0 saturated carbocycles. The van der Waals surface area contributed by atoms with Crippen LogP contribution in [0.4, 0.5) is 0 Å². The molecule has 0 N–H and O–H groups in total. The third-order valence-electron chi connectivity index (χ3n) is 4.00. The molecule has 0 fully saturated rings. The van der Waals surface area contributed by atoms with Crippen LogP contribution in [-0.2, 0) is 12.8 Å². The van der Waals surface area contributed by atoms with Crippen LogP contribution < -0.4 is 4.74 Å². The largest absolute Gasteiger partial charge is 0.496 e. The first-order valence-corrected chi connectivity index (χ1v) is 8.42. The molecule has 0 saturated heterocycles. The quantitative estimate of drug-likeness (QED) is 0.639. The summed E-state index contributed by atoms with van der Waals surface area (Å²) in [6.07, 6.45) is 2.11. The molecule has 0 heterocycles. The summed E-state index contributed by atoms with van der Waals surface area (Å²) in [5.41, 5.74) is 6.54. The van der Waals surface area contributed by atoms with Crippen molar-refractivity contribution >= 4 is 15.9 Å². The summed E-state index contributed by atoms with van der Waals surface area (Å²) in [7, 11) is 1.73. The molecule has 1 nitrogen and oxygen atoms in total. The van der Waals surface area contributed by atoms with Crippen molar-refractivity contribution in [1.82, 2.24) is 0 Å². The third-order valence-corrected chi connectivity index (χ3v) is 5.02. The van der Waals surface area contributed by atoms with Crippen molar-refractivity contribution in [3.05, 3.63) is 64.2 Å². The molecule has 21 heavy (non-hydrogen) atoms. The Morgan fingerprint density at radius 3 is 2.43 bits per heavy atom. The molecule has 2 aromatic carbocycles. The van der Waals surface area contributed by atoms with E-state index in [0.717, 1.165) is 18.6 Å². The second-order valence-corrected chi connectivity index (χ2v) is 6.25. The zero-order chi connectivity index (χ0) is 15.4. The summed E-state index contributed by atoms with van der Waals surface area (Å²) in [6, 6.07) is 13.2. The summed E-state index contributed by atoms with van der Waals surface area (Å²) in [4.78, 5) is 0.202. The molecule has 2 rings (SSSR count). The van der Waals surface area contributed by atoms with Crippen molar-refractivity contribution in [3.63, 3.8) is 0 Å². The Bertz CT molecular complexity index is 619. The number of hydrogen-bond donors (Lipinski definition) is 0. The fourth-order valence-electron chi connectivity index (χ4n) is 2.60. The van der Waals surface area contributed by atoms with Crippen LogP contribution in [0.3, 0.4) is 0 Å². The Balaban J connectivity index is 2.45. The van der Waals surface area contributed by atoms with Crippen LogP contribution in [0.5, 0.6) is 5.75 Å². The molecular weight excluding hydrogens is 324 g/mol. The highest BCUT2D eigenvalue weighted by atomic mass is 79.9.